The van der Waals surface area contributed by atoms with E-state index in [9.17, 15) is 9.59 Å². The standard InChI is InChI=1S/C18H18Br2N2O4/c1-25-8-7-21-18(24)12-3-2-4-14(9-12)22-17(23)11-26-16-6-5-13(19)10-15(16)20/h2-6,9-10H,7-8,11H2,1H3,(H,21,24)(H,22,23). The van der Waals surface area contributed by atoms with Gasteiger partial charge in [-0.15, -0.1) is 0 Å². The highest BCUT2D eigenvalue weighted by atomic mass is 79.9. The summed E-state index contributed by atoms with van der Waals surface area (Å²) in [6, 6.07) is 12.1. The van der Waals surface area contributed by atoms with Crippen LogP contribution in [-0.2, 0) is 9.53 Å². The maximum atomic E-state index is 12.1. The molecule has 0 heterocycles. The van der Waals surface area contributed by atoms with Crippen LogP contribution in [0.1, 0.15) is 10.4 Å². The molecular formula is C18H18Br2N2O4. The molecule has 2 rings (SSSR count). The van der Waals surface area contributed by atoms with Gasteiger partial charge in [-0.25, -0.2) is 0 Å². The molecule has 6 nitrogen and oxygen atoms in total. The molecule has 0 bridgehead atoms. The molecule has 8 heteroatoms. The lowest BCUT2D eigenvalue weighted by molar-refractivity contribution is -0.118. The van der Waals surface area contributed by atoms with Gasteiger partial charge in [-0.1, -0.05) is 22.0 Å². The van der Waals surface area contributed by atoms with Crippen LogP contribution in [0.5, 0.6) is 5.75 Å². The van der Waals surface area contributed by atoms with Crippen LogP contribution >= 0.6 is 31.9 Å². The molecule has 0 aliphatic heterocycles. The first-order chi connectivity index (χ1) is 12.5. The van der Waals surface area contributed by atoms with Crippen molar-refractivity contribution in [1.82, 2.24) is 5.32 Å². The molecule has 138 valence electrons. The molecule has 0 aromatic heterocycles. The minimum absolute atomic E-state index is 0.148. The predicted molar refractivity (Wildman–Crippen MR) is 107 cm³/mol. The van der Waals surface area contributed by atoms with Crippen LogP contribution < -0.4 is 15.4 Å². The molecule has 0 spiro atoms. The first-order valence-electron chi connectivity index (χ1n) is 7.74. The van der Waals surface area contributed by atoms with E-state index in [1.165, 1.54) is 0 Å². The Morgan fingerprint density at radius 3 is 2.65 bits per heavy atom. The van der Waals surface area contributed by atoms with E-state index < -0.39 is 0 Å². The van der Waals surface area contributed by atoms with E-state index in [4.69, 9.17) is 9.47 Å². The molecular weight excluding hydrogens is 468 g/mol. The summed E-state index contributed by atoms with van der Waals surface area (Å²) in [4.78, 5) is 24.1. The number of carbonyl (C=O) groups excluding carboxylic acids is 2. The van der Waals surface area contributed by atoms with Crippen LogP contribution in [0, 0.1) is 0 Å². The van der Waals surface area contributed by atoms with Crippen molar-refractivity contribution in [1.29, 1.82) is 0 Å². The molecule has 2 aromatic carbocycles. The van der Waals surface area contributed by atoms with Gasteiger partial charge in [-0.05, 0) is 52.3 Å². The average Bonchev–Trinajstić information content (AvgIpc) is 2.61. The van der Waals surface area contributed by atoms with E-state index >= 15 is 0 Å². The minimum Gasteiger partial charge on any atom is -0.483 e. The van der Waals surface area contributed by atoms with E-state index in [0.717, 1.165) is 8.95 Å². The number of amides is 2. The number of carbonyl (C=O) groups is 2. The Bertz CT molecular complexity index is 784. The molecule has 0 aliphatic carbocycles. The third kappa shape index (κ3) is 6.44. The van der Waals surface area contributed by atoms with Crippen molar-refractivity contribution in [2.24, 2.45) is 0 Å². The molecule has 0 radical (unpaired) electrons. The number of methoxy groups -OCH3 is 1. The van der Waals surface area contributed by atoms with Crippen molar-refractivity contribution in [3.05, 3.63) is 57.0 Å². The fourth-order valence-corrected chi connectivity index (χ4v) is 3.20. The summed E-state index contributed by atoms with van der Waals surface area (Å²) in [5, 5.41) is 5.44. The molecule has 0 unspecified atom stereocenters. The van der Waals surface area contributed by atoms with Crippen molar-refractivity contribution in [3.8, 4) is 5.75 Å². The predicted octanol–water partition coefficient (Wildman–Crippen LogP) is 3.61. The number of hydrogen-bond donors (Lipinski definition) is 2. The van der Waals surface area contributed by atoms with Crippen molar-refractivity contribution < 1.29 is 19.1 Å². The molecule has 2 N–H and O–H groups in total. The van der Waals surface area contributed by atoms with E-state index in [1.807, 2.05) is 12.1 Å². The molecule has 0 fully saturated rings. The van der Waals surface area contributed by atoms with Gasteiger partial charge in [0.25, 0.3) is 11.8 Å². The third-order valence-electron chi connectivity index (χ3n) is 3.25. The SMILES string of the molecule is COCCNC(=O)c1cccc(NC(=O)COc2ccc(Br)cc2Br)c1. The normalized spacial score (nSPS) is 10.3. The van der Waals surface area contributed by atoms with Gasteiger partial charge >= 0.3 is 0 Å². The van der Waals surface area contributed by atoms with E-state index in [0.29, 0.717) is 30.2 Å². The zero-order chi connectivity index (χ0) is 18.9. The van der Waals surface area contributed by atoms with Crippen molar-refractivity contribution in [2.45, 2.75) is 0 Å². The first-order valence-corrected chi connectivity index (χ1v) is 9.33. The third-order valence-corrected chi connectivity index (χ3v) is 4.37. The number of rotatable bonds is 8. The quantitative estimate of drug-likeness (QED) is 0.560. The Morgan fingerprint density at radius 2 is 1.92 bits per heavy atom. The second kappa shape index (κ2) is 10.3. The fourth-order valence-electron chi connectivity index (χ4n) is 2.04. The van der Waals surface area contributed by atoms with Crippen molar-refractivity contribution >= 4 is 49.4 Å². The Hall–Kier alpha value is -1.90. The highest BCUT2D eigenvalue weighted by Crippen LogP contribution is 2.28. The van der Waals surface area contributed by atoms with Gasteiger partial charge in [0.2, 0.25) is 0 Å². The van der Waals surface area contributed by atoms with Gasteiger partial charge in [0, 0.05) is 29.4 Å². The van der Waals surface area contributed by atoms with E-state index in [-0.39, 0.29) is 18.4 Å². The molecule has 2 aromatic rings. The lowest BCUT2D eigenvalue weighted by atomic mass is 10.2. The number of nitrogens with one attached hydrogen (secondary N) is 2. The largest absolute Gasteiger partial charge is 0.483 e. The summed E-state index contributed by atoms with van der Waals surface area (Å²) >= 11 is 6.73. The van der Waals surface area contributed by atoms with E-state index in [2.05, 4.69) is 42.5 Å². The van der Waals surface area contributed by atoms with Crippen LogP contribution in [0.2, 0.25) is 0 Å². The van der Waals surface area contributed by atoms with Gasteiger partial charge < -0.3 is 20.1 Å². The number of hydrogen-bond acceptors (Lipinski definition) is 4. The summed E-state index contributed by atoms with van der Waals surface area (Å²) in [6.07, 6.45) is 0. The van der Waals surface area contributed by atoms with Crippen LogP contribution in [0.25, 0.3) is 0 Å². The van der Waals surface area contributed by atoms with Gasteiger partial charge in [-0.2, -0.15) is 0 Å². The maximum absolute atomic E-state index is 12.1. The fraction of sp³-hybridized carbons (Fsp3) is 0.222. The molecule has 0 saturated carbocycles. The monoisotopic (exact) mass is 484 g/mol. The Morgan fingerprint density at radius 1 is 1.12 bits per heavy atom. The molecule has 26 heavy (non-hydrogen) atoms. The molecule has 0 atom stereocenters. The van der Waals surface area contributed by atoms with Crippen LogP contribution in [-0.4, -0.2) is 38.7 Å². The average molecular weight is 486 g/mol. The zero-order valence-corrected chi connectivity index (χ0v) is 17.2. The van der Waals surface area contributed by atoms with Crippen molar-refractivity contribution in [2.75, 3.05) is 32.2 Å². The highest BCUT2D eigenvalue weighted by molar-refractivity contribution is 9.11. The van der Waals surface area contributed by atoms with Crippen LogP contribution in [0.3, 0.4) is 0 Å². The van der Waals surface area contributed by atoms with Gasteiger partial charge in [-0.3, -0.25) is 9.59 Å². The number of ether oxygens (including phenoxy) is 2. The second-order valence-electron chi connectivity index (χ2n) is 5.24. The smallest absolute Gasteiger partial charge is 0.262 e. The topological polar surface area (TPSA) is 76.7 Å². The Balaban J connectivity index is 1.90. The number of halogens is 2. The number of anilines is 1. The van der Waals surface area contributed by atoms with Gasteiger partial charge in [0.1, 0.15) is 5.75 Å². The summed E-state index contributed by atoms with van der Waals surface area (Å²) in [7, 11) is 1.57. The molecule has 0 aliphatic rings. The van der Waals surface area contributed by atoms with Crippen LogP contribution in [0.15, 0.2) is 51.4 Å². The van der Waals surface area contributed by atoms with E-state index in [1.54, 1.807) is 37.4 Å². The Kier molecular flexibility index (Phi) is 8.08. The zero-order valence-electron chi connectivity index (χ0n) is 14.1. The summed E-state index contributed by atoms with van der Waals surface area (Å²) < 4.78 is 12.0. The lowest BCUT2D eigenvalue weighted by Crippen LogP contribution is -2.27. The van der Waals surface area contributed by atoms with Gasteiger partial charge in [0.05, 0.1) is 11.1 Å². The summed E-state index contributed by atoms with van der Waals surface area (Å²) in [5.41, 5.74) is 0.975. The summed E-state index contributed by atoms with van der Waals surface area (Å²) in [5.74, 6) is 0.0135. The first kappa shape index (κ1) is 20.4. The highest BCUT2D eigenvalue weighted by Gasteiger charge is 2.09. The van der Waals surface area contributed by atoms with Crippen LogP contribution in [0.4, 0.5) is 5.69 Å². The lowest BCUT2D eigenvalue weighted by Gasteiger charge is -2.10. The van der Waals surface area contributed by atoms with Gasteiger partial charge in [0.15, 0.2) is 6.61 Å². The maximum Gasteiger partial charge on any atom is 0.262 e. The number of benzene rings is 2. The second-order valence-corrected chi connectivity index (χ2v) is 7.01. The molecule has 0 saturated heterocycles. The van der Waals surface area contributed by atoms with Crippen molar-refractivity contribution in [3.63, 3.8) is 0 Å². The minimum atomic E-state index is -0.322. The summed E-state index contributed by atoms with van der Waals surface area (Å²) in [6.45, 7) is 0.706. The molecule has 2 amide bonds. The Labute approximate surface area is 168 Å².